The first-order valence-corrected chi connectivity index (χ1v) is 36.4. The number of carbonyl (C=O) groups is 1. The molecular formula is C72H84N2O9S4. The zero-order valence-corrected chi connectivity index (χ0v) is 53.4. The van der Waals surface area contributed by atoms with Crippen molar-refractivity contribution in [1.29, 1.82) is 0 Å². The lowest BCUT2D eigenvalue weighted by Crippen LogP contribution is -2.62. The number of fused-ring (bicyclic) bond motifs is 5. The maximum absolute atomic E-state index is 17.8. The number of aliphatic hydroxyl groups excluding tert-OH is 3. The fourth-order valence-corrected chi connectivity index (χ4v) is 21.9. The van der Waals surface area contributed by atoms with Gasteiger partial charge in [-0.3, -0.25) is 4.79 Å². The molecule has 12 atom stereocenters. The summed E-state index contributed by atoms with van der Waals surface area (Å²) < 4.78 is 13.0. The van der Waals surface area contributed by atoms with E-state index in [1.807, 2.05) is 61.9 Å². The van der Waals surface area contributed by atoms with Gasteiger partial charge >= 0.3 is 0 Å². The van der Waals surface area contributed by atoms with E-state index in [1.54, 1.807) is 68.5 Å². The number of methoxy groups -OCH3 is 1. The molecule has 3 fully saturated rings. The van der Waals surface area contributed by atoms with Gasteiger partial charge in [0.05, 0.1) is 36.6 Å². The van der Waals surface area contributed by atoms with Gasteiger partial charge in [0.2, 0.25) is 0 Å². The number of phenolic OH excluding ortho intramolecular Hbond substituents is 3. The summed E-state index contributed by atoms with van der Waals surface area (Å²) in [7, 11) is 10.2. The topological polar surface area (TPSA) is 185 Å². The highest BCUT2D eigenvalue weighted by atomic mass is 33.1. The molecule has 0 unspecified atom stereocenters. The van der Waals surface area contributed by atoms with Gasteiger partial charge in [-0.15, -0.1) is 0 Å². The van der Waals surface area contributed by atoms with E-state index in [0.717, 1.165) is 125 Å². The lowest BCUT2D eigenvalue weighted by atomic mass is 9.52. The van der Waals surface area contributed by atoms with E-state index in [0.29, 0.717) is 53.7 Å². The second-order valence-electron chi connectivity index (χ2n) is 25.4. The van der Waals surface area contributed by atoms with E-state index < -0.39 is 46.8 Å². The molecule has 0 amide bonds. The Morgan fingerprint density at radius 3 is 2.38 bits per heavy atom. The Balaban J connectivity index is 1.06. The number of H-pyrrole nitrogens is 1. The predicted octanol–water partition coefficient (Wildman–Crippen LogP) is 14.1. The standard InChI is InChI=1S/C72H84N2O9S4/c1-4-46-19-20-47-16-10-17-56-64(39-75)87-86-41-52-32-65(79)72(59-42-85-84-40-50-15-8-9-18-62(50)83-63-31-49(59)22-23-60(63)77,54-33-53(34-55(76)35-54)71(73-2)26-11-14-44(37-71)28-43-12-6-5-7-13-43)70(81)67(52)68(80)51(29-45-25-27-74-38-45)30-48-21-24-61(78)69(82-3)58(48)36-57(46)66(47)56/h5-7,10,12-13,16-17,19-25,27,31,33-35,38,44,50-52,59,62,64-65,67-68,73-80H,4,8-9,11,14-15,18,26,28-30,32,36-37,39-42H2,1-3H3/t44-,50-,51-,52+,59+,62+,64+,65-,67-,68+,71-,72+/m1/s1. The Labute approximate surface area is 528 Å². The van der Waals surface area contributed by atoms with Crippen LogP contribution in [0.25, 0.3) is 10.8 Å². The minimum Gasteiger partial charge on any atom is -0.508 e. The van der Waals surface area contributed by atoms with Crippen molar-refractivity contribution in [2.45, 2.75) is 137 Å². The molecule has 87 heavy (non-hydrogen) atoms. The number of rotatable bonds is 11. The number of ether oxygens (including phenoxy) is 2. The number of phenols is 3. The number of carbonyl (C=O) groups excluding carboxylic acids is 1. The molecule has 15 heteroatoms. The van der Waals surface area contributed by atoms with Gasteiger partial charge in [-0.05, 0) is 193 Å². The summed E-state index contributed by atoms with van der Waals surface area (Å²) in [5.74, 6) is -0.357. The molecule has 0 radical (unpaired) electrons. The second kappa shape index (κ2) is 27.1. The lowest BCUT2D eigenvalue weighted by Gasteiger charge is -2.53. The highest BCUT2D eigenvalue weighted by Gasteiger charge is 2.62. The van der Waals surface area contributed by atoms with Crippen LogP contribution in [0.15, 0.2) is 128 Å². The molecule has 12 rings (SSSR count). The van der Waals surface area contributed by atoms with Gasteiger partial charge in [0, 0.05) is 64.9 Å². The Bertz CT molecular complexity index is 3530. The predicted molar refractivity (Wildman–Crippen MR) is 356 cm³/mol. The van der Waals surface area contributed by atoms with Crippen LogP contribution in [0.4, 0.5) is 0 Å². The van der Waals surface area contributed by atoms with Crippen molar-refractivity contribution in [3.63, 3.8) is 0 Å². The largest absolute Gasteiger partial charge is 0.508 e. The number of Topliss-reactive ketones (excluding diaryl/α,β-unsaturated/α-hetero) is 1. The third kappa shape index (κ3) is 12.3. The molecule has 11 nitrogen and oxygen atoms in total. The summed E-state index contributed by atoms with van der Waals surface area (Å²) in [4.78, 5) is 21.0. The first kappa shape index (κ1) is 62.0. The van der Waals surface area contributed by atoms with Gasteiger partial charge in [-0.25, -0.2) is 0 Å². The SMILES string of the molecule is CCc1ccc2cccc3c2c1Cc1c(ccc(O)c1OC)C[C@@H](Cc1cc[nH]c1)[C@H](O)[C@@H]1C(=O)[C@@](c2cc(O)cc([C@@]4(NC)CCC[C@H](Cc5ccccc5)C4)c2)([C@H]2CSSC[C@H]4CCCC[C@@H]4Oc4cc2ccc4O)[C@H](O)C[C@H]1CSS[C@H]3CO. The molecule has 0 saturated heterocycles. The molecule has 3 saturated carbocycles. The fraction of sp³-hybridized carbons (Fsp3) is 0.458. The zero-order valence-electron chi connectivity index (χ0n) is 50.2. The lowest BCUT2D eigenvalue weighted by molar-refractivity contribution is -0.150. The number of nitrogens with one attached hydrogen (secondary N) is 2. The van der Waals surface area contributed by atoms with Crippen LogP contribution in [0.2, 0.25) is 0 Å². The van der Waals surface area contributed by atoms with E-state index in [2.05, 4.69) is 71.8 Å². The van der Waals surface area contributed by atoms with Crippen molar-refractivity contribution in [2.24, 2.45) is 29.6 Å². The van der Waals surface area contributed by atoms with Gasteiger partial charge in [0.15, 0.2) is 28.8 Å². The van der Waals surface area contributed by atoms with Gasteiger partial charge in [0.25, 0.3) is 0 Å². The van der Waals surface area contributed by atoms with Gasteiger partial charge in [-0.1, -0.05) is 142 Å². The number of aliphatic hydroxyl groups is 3. The van der Waals surface area contributed by atoms with Crippen LogP contribution in [0, 0.1) is 29.6 Å². The van der Waals surface area contributed by atoms with Crippen molar-refractivity contribution in [2.75, 3.05) is 38.0 Å². The van der Waals surface area contributed by atoms with Crippen molar-refractivity contribution in [3.05, 3.63) is 183 Å². The maximum atomic E-state index is 17.8. The van der Waals surface area contributed by atoms with Crippen LogP contribution in [0.3, 0.4) is 0 Å². The monoisotopic (exact) mass is 1250 g/mol. The van der Waals surface area contributed by atoms with Crippen LogP contribution in [-0.2, 0) is 47.9 Å². The number of aryl methyl sites for hydroxylation is 1. The van der Waals surface area contributed by atoms with Crippen molar-refractivity contribution < 1.29 is 44.9 Å². The Morgan fingerprint density at radius 1 is 0.782 bits per heavy atom. The van der Waals surface area contributed by atoms with E-state index in [-0.39, 0.29) is 53.3 Å². The molecule has 3 aliphatic carbocycles. The molecule has 1 aromatic heterocycles. The second-order valence-corrected chi connectivity index (χ2v) is 30.6. The number of hydrogen-bond donors (Lipinski definition) is 8. The van der Waals surface area contributed by atoms with Gasteiger partial charge in [0.1, 0.15) is 11.9 Å². The highest BCUT2D eigenvalue weighted by molar-refractivity contribution is 8.77. The van der Waals surface area contributed by atoms with Crippen molar-refractivity contribution in [3.8, 4) is 28.7 Å². The average Bonchev–Trinajstić information content (AvgIpc) is 0.928. The van der Waals surface area contributed by atoms with E-state index >= 15 is 4.79 Å². The minimum atomic E-state index is -1.76. The normalized spacial score (nSPS) is 29.0. The highest BCUT2D eigenvalue weighted by Crippen LogP contribution is 2.58. The molecule has 2 aliphatic heterocycles. The first-order chi connectivity index (χ1) is 42.4. The van der Waals surface area contributed by atoms with Crippen molar-refractivity contribution in [1.82, 2.24) is 10.3 Å². The molecule has 6 aromatic carbocycles. The third-order valence-corrected chi connectivity index (χ3v) is 26.0. The van der Waals surface area contributed by atoms with Crippen molar-refractivity contribution >= 4 is 59.7 Å². The summed E-state index contributed by atoms with van der Waals surface area (Å²) in [5.41, 5.74) is 6.81. The van der Waals surface area contributed by atoms with E-state index in [9.17, 15) is 30.6 Å². The summed E-state index contributed by atoms with van der Waals surface area (Å²) in [6.07, 6.45) is 11.6. The number of aromatic hydroxyl groups is 3. The summed E-state index contributed by atoms with van der Waals surface area (Å²) in [5, 5.41) is 81.0. The molecule has 5 aliphatic rings. The Kier molecular flexibility index (Phi) is 19.3. The molecule has 8 N–H and O–H groups in total. The molecule has 3 heterocycles. The van der Waals surface area contributed by atoms with Crippen LogP contribution < -0.4 is 14.8 Å². The van der Waals surface area contributed by atoms with E-state index in [4.69, 9.17) is 9.47 Å². The zero-order chi connectivity index (χ0) is 60.4. The number of ketones is 1. The summed E-state index contributed by atoms with van der Waals surface area (Å²) >= 11 is 0. The molecule has 460 valence electrons. The van der Waals surface area contributed by atoms with Crippen LogP contribution >= 0.6 is 43.2 Å². The van der Waals surface area contributed by atoms with Gasteiger partial charge < -0.3 is 50.4 Å². The average molecular weight is 1250 g/mol. The maximum Gasteiger partial charge on any atom is 0.164 e. The quantitative estimate of drug-likeness (QED) is 0.0572. The van der Waals surface area contributed by atoms with Crippen LogP contribution in [0.1, 0.15) is 132 Å². The molecule has 2 bridgehead atoms. The van der Waals surface area contributed by atoms with E-state index in [1.165, 1.54) is 5.56 Å². The Morgan fingerprint density at radius 2 is 1.59 bits per heavy atom. The Hall–Kier alpha value is -5.23. The van der Waals surface area contributed by atoms with Gasteiger partial charge in [-0.2, -0.15) is 0 Å². The molecular weight excluding hydrogens is 1170 g/mol. The van der Waals surface area contributed by atoms with Crippen LogP contribution in [-0.4, -0.2) is 97.7 Å². The smallest absolute Gasteiger partial charge is 0.164 e. The minimum absolute atomic E-state index is 0.00126. The summed E-state index contributed by atoms with van der Waals surface area (Å²) in [6.45, 7) is 1.99. The van der Waals surface area contributed by atoms with Crippen LogP contribution in [0.5, 0.6) is 28.7 Å². The third-order valence-electron chi connectivity index (χ3n) is 20.6. The number of aromatic nitrogens is 1. The first-order valence-electron chi connectivity index (χ1n) is 31.5. The number of benzene rings is 6. The fourth-order valence-electron chi connectivity index (χ4n) is 16.2. The molecule has 0 spiro atoms. The molecule has 7 aromatic rings. The summed E-state index contributed by atoms with van der Waals surface area (Å²) in [6, 6.07) is 37.9. The number of aromatic amines is 1. The number of hydrogen-bond acceptors (Lipinski definition) is 14.